The van der Waals surface area contributed by atoms with E-state index in [0.717, 1.165) is 11.3 Å². The van der Waals surface area contributed by atoms with E-state index in [1.165, 1.54) is 23.1 Å². The van der Waals surface area contributed by atoms with E-state index in [-0.39, 0.29) is 23.6 Å². The van der Waals surface area contributed by atoms with Gasteiger partial charge in [0.1, 0.15) is 5.76 Å². The lowest BCUT2D eigenvalue weighted by molar-refractivity contribution is -0.384. The number of nitro groups is 1. The maximum atomic E-state index is 13.0. The number of benzene rings is 1. The Morgan fingerprint density at radius 1 is 1.23 bits per heavy atom. The van der Waals surface area contributed by atoms with Crippen molar-refractivity contribution in [2.75, 3.05) is 27.2 Å². The van der Waals surface area contributed by atoms with Crippen molar-refractivity contribution in [2.24, 2.45) is 0 Å². The van der Waals surface area contributed by atoms with Crippen LogP contribution in [0.3, 0.4) is 0 Å². The Bertz CT molecular complexity index is 1100. The van der Waals surface area contributed by atoms with Gasteiger partial charge in [-0.05, 0) is 46.0 Å². The molecule has 164 valence electrons. The number of aliphatic hydroxyl groups excluding tert-OH is 1. The molecular formula is C22H26N4O5. The molecule has 2 aromatic rings. The van der Waals surface area contributed by atoms with Gasteiger partial charge in [-0.2, -0.15) is 0 Å². The number of H-pyrrole nitrogens is 1. The third-order valence-electron chi connectivity index (χ3n) is 5.65. The number of non-ortho nitro benzene ring substituents is 1. The van der Waals surface area contributed by atoms with Crippen LogP contribution in [0, 0.1) is 30.9 Å². The van der Waals surface area contributed by atoms with Crippen LogP contribution in [-0.4, -0.2) is 63.7 Å². The van der Waals surface area contributed by atoms with Crippen molar-refractivity contribution >= 4 is 23.1 Å². The fourth-order valence-corrected chi connectivity index (χ4v) is 3.97. The van der Waals surface area contributed by atoms with Crippen molar-refractivity contribution in [1.82, 2.24) is 14.8 Å². The third kappa shape index (κ3) is 3.96. The minimum absolute atomic E-state index is 0.0607. The van der Waals surface area contributed by atoms with Gasteiger partial charge in [-0.25, -0.2) is 0 Å². The molecule has 0 bridgehead atoms. The summed E-state index contributed by atoms with van der Waals surface area (Å²) in [5.41, 5.74) is 2.94. The highest BCUT2D eigenvalue weighted by Crippen LogP contribution is 2.41. The van der Waals surface area contributed by atoms with Crippen LogP contribution in [-0.2, 0) is 9.59 Å². The van der Waals surface area contributed by atoms with Gasteiger partial charge in [0.05, 0.1) is 16.5 Å². The van der Waals surface area contributed by atoms with E-state index in [0.29, 0.717) is 23.4 Å². The number of likely N-dealkylation sites (N-methyl/N-ethyl adjacent to an activating group) is 1. The number of carbonyl (C=O) groups is 2. The molecule has 1 aliphatic rings. The first-order valence-corrected chi connectivity index (χ1v) is 9.88. The van der Waals surface area contributed by atoms with Gasteiger partial charge in [0.25, 0.3) is 17.4 Å². The first-order chi connectivity index (χ1) is 14.5. The molecule has 0 radical (unpaired) electrons. The number of aromatic amines is 1. The molecule has 2 N–H and O–H groups in total. The number of likely N-dealkylation sites (tertiary alicyclic amines) is 1. The van der Waals surface area contributed by atoms with Gasteiger partial charge in [0, 0.05) is 42.2 Å². The Labute approximate surface area is 180 Å². The number of aryl methyl sites for hydroxylation is 2. The van der Waals surface area contributed by atoms with E-state index >= 15 is 0 Å². The Morgan fingerprint density at radius 2 is 1.90 bits per heavy atom. The van der Waals surface area contributed by atoms with Crippen LogP contribution >= 0.6 is 0 Å². The van der Waals surface area contributed by atoms with Gasteiger partial charge in [0.15, 0.2) is 0 Å². The number of aromatic nitrogens is 1. The van der Waals surface area contributed by atoms with E-state index in [2.05, 4.69) is 4.98 Å². The summed E-state index contributed by atoms with van der Waals surface area (Å²) >= 11 is 0. The molecule has 1 atom stereocenters. The molecule has 31 heavy (non-hydrogen) atoms. The van der Waals surface area contributed by atoms with Crippen LogP contribution in [0.5, 0.6) is 0 Å². The van der Waals surface area contributed by atoms with Gasteiger partial charge in [0.2, 0.25) is 0 Å². The first-order valence-electron chi connectivity index (χ1n) is 9.88. The second-order valence-corrected chi connectivity index (χ2v) is 8.02. The molecule has 0 aliphatic carbocycles. The summed E-state index contributed by atoms with van der Waals surface area (Å²) in [7, 11) is 3.68. The van der Waals surface area contributed by atoms with E-state index in [4.69, 9.17) is 0 Å². The van der Waals surface area contributed by atoms with Crippen molar-refractivity contribution < 1.29 is 19.6 Å². The lowest BCUT2D eigenvalue weighted by atomic mass is 9.94. The van der Waals surface area contributed by atoms with Crippen LogP contribution < -0.4 is 0 Å². The topological polar surface area (TPSA) is 120 Å². The SMILES string of the molecule is Cc1[nH]c(C)c(/C(O)=C2\C(=O)C(=O)N(CCN(C)C)C2c2cccc([N+](=O)[O-])c2)c1C. The fraction of sp³-hybridized carbons (Fsp3) is 0.364. The van der Waals surface area contributed by atoms with E-state index < -0.39 is 22.7 Å². The van der Waals surface area contributed by atoms with Gasteiger partial charge in [-0.3, -0.25) is 19.7 Å². The van der Waals surface area contributed by atoms with Crippen LogP contribution in [0.15, 0.2) is 29.8 Å². The molecule has 9 heteroatoms. The number of carbonyl (C=O) groups excluding carboxylic acids is 2. The summed E-state index contributed by atoms with van der Waals surface area (Å²) in [4.78, 5) is 43.1. The van der Waals surface area contributed by atoms with Crippen molar-refractivity contribution in [2.45, 2.75) is 26.8 Å². The molecule has 0 saturated carbocycles. The Morgan fingerprint density at radius 3 is 2.45 bits per heavy atom. The highest BCUT2D eigenvalue weighted by molar-refractivity contribution is 6.46. The summed E-state index contributed by atoms with van der Waals surface area (Å²) < 4.78 is 0. The molecule has 1 saturated heterocycles. The molecule has 1 aromatic carbocycles. The molecule has 1 aromatic heterocycles. The molecule has 0 spiro atoms. The minimum atomic E-state index is -0.922. The second kappa shape index (κ2) is 8.35. The fourth-order valence-electron chi connectivity index (χ4n) is 3.97. The maximum Gasteiger partial charge on any atom is 0.295 e. The minimum Gasteiger partial charge on any atom is -0.507 e. The lowest BCUT2D eigenvalue weighted by Crippen LogP contribution is -2.35. The quantitative estimate of drug-likeness (QED) is 0.241. The van der Waals surface area contributed by atoms with Crippen LogP contribution in [0.1, 0.15) is 34.1 Å². The summed E-state index contributed by atoms with van der Waals surface area (Å²) in [6.07, 6.45) is 0. The molecule has 1 unspecified atom stereocenters. The van der Waals surface area contributed by atoms with Gasteiger partial charge < -0.3 is 19.9 Å². The smallest absolute Gasteiger partial charge is 0.295 e. The highest BCUT2D eigenvalue weighted by Gasteiger charge is 2.46. The summed E-state index contributed by atoms with van der Waals surface area (Å²) in [6.45, 7) is 6.16. The van der Waals surface area contributed by atoms with Gasteiger partial charge >= 0.3 is 0 Å². The predicted molar refractivity (Wildman–Crippen MR) is 116 cm³/mol. The zero-order valence-electron chi connectivity index (χ0n) is 18.2. The van der Waals surface area contributed by atoms with Crippen LogP contribution in [0.2, 0.25) is 0 Å². The van der Waals surface area contributed by atoms with Crippen molar-refractivity contribution in [3.05, 3.63) is 68.0 Å². The Hall–Kier alpha value is -3.46. The summed E-state index contributed by atoms with van der Waals surface area (Å²) in [5.74, 6) is -1.81. The zero-order valence-corrected chi connectivity index (χ0v) is 18.2. The van der Waals surface area contributed by atoms with Crippen molar-refractivity contribution in [3.8, 4) is 0 Å². The number of Topliss-reactive ketones (excluding diaryl/α,β-unsaturated/α-hetero) is 1. The largest absolute Gasteiger partial charge is 0.507 e. The molecular weight excluding hydrogens is 400 g/mol. The van der Waals surface area contributed by atoms with Crippen LogP contribution in [0.25, 0.3) is 5.76 Å². The number of nitro benzene ring substituents is 1. The number of nitrogens with zero attached hydrogens (tertiary/aromatic N) is 3. The predicted octanol–water partition coefficient (Wildman–Crippen LogP) is 2.83. The summed E-state index contributed by atoms with van der Waals surface area (Å²) in [6, 6.07) is 4.90. The molecule has 1 amide bonds. The second-order valence-electron chi connectivity index (χ2n) is 8.02. The van der Waals surface area contributed by atoms with E-state index in [1.807, 2.05) is 32.8 Å². The molecule has 1 aliphatic heterocycles. The van der Waals surface area contributed by atoms with Crippen LogP contribution in [0.4, 0.5) is 5.69 Å². The average molecular weight is 426 g/mol. The number of hydrogen-bond donors (Lipinski definition) is 2. The van der Waals surface area contributed by atoms with E-state index in [1.54, 1.807) is 13.0 Å². The standard InChI is InChI=1S/C22H26N4O5/c1-12-13(2)23-14(3)17(12)20(27)18-19(15-7-6-8-16(11-15)26(30)31)25(10-9-24(4)5)22(29)21(18)28/h6-8,11,19,23,27H,9-10H2,1-5H3/b20-18+. The number of amides is 1. The Kier molecular flexibility index (Phi) is 5.99. The molecule has 3 rings (SSSR count). The zero-order chi connectivity index (χ0) is 23.0. The number of hydrogen-bond acceptors (Lipinski definition) is 6. The maximum absolute atomic E-state index is 13.0. The van der Waals surface area contributed by atoms with Crippen molar-refractivity contribution in [1.29, 1.82) is 0 Å². The first kappa shape index (κ1) is 22.2. The normalized spacial score (nSPS) is 18.3. The number of ketones is 1. The number of rotatable bonds is 6. The lowest BCUT2D eigenvalue weighted by Gasteiger charge is -2.26. The van der Waals surface area contributed by atoms with Gasteiger partial charge in [-0.15, -0.1) is 0 Å². The third-order valence-corrected chi connectivity index (χ3v) is 5.65. The number of nitrogens with one attached hydrogen (secondary N) is 1. The highest BCUT2D eigenvalue weighted by atomic mass is 16.6. The Balaban J connectivity index is 2.24. The molecule has 2 heterocycles. The van der Waals surface area contributed by atoms with Gasteiger partial charge in [-0.1, -0.05) is 12.1 Å². The average Bonchev–Trinajstić information content (AvgIpc) is 3.11. The van der Waals surface area contributed by atoms with E-state index in [9.17, 15) is 24.8 Å². The number of aliphatic hydroxyl groups is 1. The van der Waals surface area contributed by atoms with Crippen molar-refractivity contribution in [3.63, 3.8) is 0 Å². The molecule has 9 nitrogen and oxygen atoms in total. The summed E-state index contributed by atoms with van der Waals surface area (Å²) in [5, 5.41) is 22.5. The monoisotopic (exact) mass is 426 g/mol. The molecule has 1 fully saturated rings.